The Morgan fingerprint density at radius 1 is 1.38 bits per heavy atom. The van der Waals surface area contributed by atoms with Crippen LogP contribution < -0.4 is 0 Å². The molecule has 1 aromatic carbocycles. The molecule has 0 amide bonds. The molecule has 21 heavy (non-hydrogen) atoms. The molecule has 0 spiro atoms. The topological polar surface area (TPSA) is 107 Å². The number of carbonyl (C=O) groups is 1. The van der Waals surface area contributed by atoms with Gasteiger partial charge in [-0.05, 0) is 12.5 Å². The Kier molecular flexibility index (Phi) is 3.19. The van der Waals surface area contributed by atoms with E-state index < -0.39 is 5.97 Å². The Balaban J connectivity index is 1.82. The molecule has 0 aliphatic heterocycles. The van der Waals surface area contributed by atoms with Gasteiger partial charge in [0, 0.05) is 5.56 Å². The highest BCUT2D eigenvalue weighted by Crippen LogP contribution is 2.19. The Bertz CT molecular complexity index is 792. The molecular formula is C13H11N5O3. The number of rotatable bonds is 4. The molecule has 0 atom stereocenters. The molecule has 2 aromatic heterocycles. The first kappa shape index (κ1) is 13.0. The summed E-state index contributed by atoms with van der Waals surface area (Å²) < 4.78 is 6.48. The molecule has 1 N–H and O–H groups in total. The largest absolute Gasteiger partial charge is 0.476 e. The van der Waals surface area contributed by atoms with E-state index in [9.17, 15) is 4.79 Å². The van der Waals surface area contributed by atoms with Gasteiger partial charge in [0.25, 0.3) is 0 Å². The third-order valence-electron chi connectivity index (χ3n) is 2.91. The molecule has 0 saturated carbocycles. The monoisotopic (exact) mass is 285 g/mol. The number of aromatic nitrogens is 5. The van der Waals surface area contributed by atoms with Crippen molar-refractivity contribution in [2.45, 2.75) is 13.5 Å². The van der Waals surface area contributed by atoms with Gasteiger partial charge in [-0.1, -0.05) is 34.6 Å². The predicted octanol–water partition coefficient (Wildman–Crippen LogP) is 1.38. The van der Waals surface area contributed by atoms with Crippen molar-refractivity contribution in [1.82, 2.24) is 25.1 Å². The molecule has 3 rings (SSSR count). The van der Waals surface area contributed by atoms with Crippen LogP contribution in [0.2, 0.25) is 0 Å². The van der Waals surface area contributed by atoms with Crippen LogP contribution in [0, 0.1) is 6.92 Å². The third-order valence-corrected chi connectivity index (χ3v) is 2.91. The van der Waals surface area contributed by atoms with E-state index in [1.54, 1.807) is 0 Å². The van der Waals surface area contributed by atoms with Crippen LogP contribution in [0.1, 0.15) is 21.9 Å². The molecule has 0 aliphatic carbocycles. The lowest BCUT2D eigenvalue weighted by Gasteiger charge is -1.98. The zero-order chi connectivity index (χ0) is 14.8. The highest BCUT2D eigenvalue weighted by atomic mass is 16.5. The normalized spacial score (nSPS) is 10.7. The second-order valence-electron chi connectivity index (χ2n) is 4.43. The van der Waals surface area contributed by atoms with E-state index in [0.29, 0.717) is 11.7 Å². The molecule has 0 unspecified atom stereocenters. The van der Waals surface area contributed by atoms with Gasteiger partial charge in [-0.2, -0.15) is 4.98 Å². The summed E-state index contributed by atoms with van der Waals surface area (Å²) in [6.45, 7) is 2.13. The second kappa shape index (κ2) is 5.16. The fourth-order valence-corrected chi connectivity index (χ4v) is 1.86. The van der Waals surface area contributed by atoms with Gasteiger partial charge in [0.05, 0.1) is 6.20 Å². The van der Waals surface area contributed by atoms with Gasteiger partial charge in [-0.15, -0.1) is 5.10 Å². The lowest BCUT2D eigenvalue weighted by atomic mass is 10.1. The number of benzene rings is 1. The maximum Gasteiger partial charge on any atom is 0.358 e. The van der Waals surface area contributed by atoms with E-state index in [0.717, 1.165) is 11.1 Å². The minimum atomic E-state index is -1.13. The second-order valence-corrected chi connectivity index (χ2v) is 4.43. The van der Waals surface area contributed by atoms with Crippen molar-refractivity contribution in [3.05, 3.63) is 47.6 Å². The summed E-state index contributed by atoms with van der Waals surface area (Å²) in [6, 6.07) is 7.70. The van der Waals surface area contributed by atoms with Crippen LogP contribution in [-0.4, -0.2) is 36.2 Å². The molecule has 0 bridgehead atoms. The average Bonchev–Trinajstić information content (AvgIpc) is 3.09. The van der Waals surface area contributed by atoms with Gasteiger partial charge < -0.3 is 9.63 Å². The number of carboxylic acid groups (broad SMARTS) is 1. The van der Waals surface area contributed by atoms with Gasteiger partial charge in [-0.25, -0.2) is 9.48 Å². The molecule has 3 aromatic rings. The molecule has 0 saturated heterocycles. The lowest BCUT2D eigenvalue weighted by molar-refractivity contribution is 0.0690. The maximum absolute atomic E-state index is 10.7. The first-order chi connectivity index (χ1) is 10.1. The summed E-state index contributed by atoms with van der Waals surface area (Å²) in [5.41, 5.74) is 1.80. The van der Waals surface area contributed by atoms with Crippen molar-refractivity contribution < 1.29 is 14.4 Å². The van der Waals surface area contributed by atoms with Crippen molar-refractivity contribution in [3.8, 4) is 11.4 Å². The highest BCUT2D eigenvalue weighted by Gasteiger charge is 2.13. The van der Waals surface area contributed by atoms with Crippen LogP contribution >= 0.6 is 0 Å². The SMILES string of the molecule is Cc1ccccc1-c1noc(Cn2cc(C(=O)O)nn2)n1. The summed E-state index contributed by atoms with van der Waals surface area (Å²) in [7, 11) is 0. The van der Waals surface area contributed by atoms with Crippen LogP contribution in [0.5, 0.6) is 0 Å². The fourth-order valence-electron chi connectivity index (χ4n) is 1.86. The number of nitrogens with zero attached hydrogens (tertiary/aromatic N) is 5. The van der Waals surface area contributed by atoms with Crippen LogP contribution in [-0.2, 0) is 6.54 Å². The number of hydrogen-bond acceptors (Lipinski definition) is 6. The molecule has 8 heteroatoms. The van der Waals surface area contributed by atoms with Crippen molar-refractivity contribution in [2.75, 3.05) is 0 Å². The standard InChI is InChI=1S/C13H11N5O3/c1-8-4-2-3-5-9(8)12-14-11(21-16-12)7-18-6-10(13(19)20)15-17-18/h2-6H,7H2,1H3,(H,19,20). The van der Waals surface area contributed by atoms with E-state index in [2.05, 4.69) is 20.5 Å². The van der Waals surface area contributed by atoms with Crippen molar-refractivity contribution in [1.29, 1.82) is 0 Å². The van der Waals surface area contributed by atoms with Crippen molar-refractivity contribution in [2.24, 2.45) is 0 Å². The van der Waals surface area contributed by atoms with Gasteiger partial charge in [-0.3, -0.25) is 0 Å². The van der Waals surface area contributed by atoms with Gasteiger partial charge in [0.15, 0.2) is 5.69 Å². The Morgan fingerprint density at radius 2 is 2.19 bits per heavy atom. The Hall–Kier alpha value is -3.03. The molecule has 0 radical (unpaired) electrons. The Morgan fingerprint density at radius 3 is 2.90 bits per heavy atom. The summed E-state index contributed by atoms with van der Waals surface area (Å²) in [4.78, 5) is 15.0. The van der Waals surface area contributed by atoms with E-state index in [-0.39, 0.29) is 12.2 Å². The first-order valence-electron chi connectivity index (χ1n) is 6.15. The van der Waals surface area contributed by atoms with E-state index in [4.69, 9.17) is 9.63 Å². The Labute approximate surface area is 119 Å². The van der Waals surface area contributed by atoms with E-state index >= 15 is 0 Å². The summed E-state index contributed by atoms with van der Waals surface area (Å²) >= 11 is 0. The number of hydrogen-bond donors (Lipinski definition) is 1. The highest BCUT2D eigenvalue weighted by molar-refractivity contribution is 5.84. The average molecular weight is 285 g/mol. The van der Waals surface area contributed by atoms with Crippen LogP contribution in [0.4, 0.5) is 0 Å². The number of aryl methyl sites for hydroxylation is 1. The summed E-state index contributed by atoms with van der Waals surface area (Å²) in [5, 5.41) is 19.9. The van der Waals surface area contributed by atoms with Crippen LogP contribution in [0.25, 0.3) is 11.4 Å². The third kappa shape index (κ3) is 2.64. The summed E-state index contributed by atoms with van der Waals surface area (Å²) in [6.07, 6.45) is 1.31. The molecule has 2 heterocycles. The molecule has 0 aliphatic rings. The maximum atomic E-state index is 10.7. The zero-order valence-corrected chi connectivity index (χ0v) is 11.1. The first-order valence-corrected chi connectivity index (χ1v) is 6.15. The molecular weight excluding hydrogens is 274 g/mol. The quantitative estimate of drug-likeness (QED) is 0.771. The smallest absolute Gasteiger partial charge is 0.358 e. The van der Waals surface area contributed by atoms with E-state index in [1.165, 1.54) is 10.9 Å². The van der Waals surface area contributed by atoms with Crippen LogP contribution in [0.3, 0.4) is 0 Å². The lowest BCUT2D eigenvalue weighted by Crippen LogP contribution is -2.01. The van der Waals surface area contributed by atoms with E-state index in [1.807, 2.05) is 31.2 Å². The summed E-state index contributed by atoms with van der Waals surface area (Å²) in [5.74, 6) is -0.316. The van der Waals surface area contributed by atoms with Crippen molar-refractivity contribution in [3.63, 3.8) is 0 Å². The number of aromatic carboxylic acids is 1. The molecule has 106 valence electrons. The predicted molar refractivity (Wildman–Crippen MR) is 70.6 cm³/mol. The molecule has 0 fully saturated rings. The fraction of sp³-hybridized carbons (Fsp3) is 0.154. The molecule has 8 nitrogen and oxygen atoms in total. The minimum absolute atomic E-state index is 0.131. The van der Waals surface area contributed by atoms with Crippen LogP contribution in [0.15, 0.2) is 35.0 Å². The number of carboxylic acids is 1. The zero-order valence-electron chi connectivity index (χ0n) is 11.1. The van der Waals surface area contributed by atoms with Gasteiger partial charge in [0.2, 0.25) is 11.7 Å². The minimum Gasteiger partial charge on any atom is -0.476 e. The van der Waals surface area contributed by atoms with Gasteiger partial charge in [0.1, 0.15) is 6.54 Å². The van der Waals surface area contributed by atoms with Crippen molar-refractivity contribution >= 4 is 5.97 Å². The van der Waals surface area contributed by atoms with Gasteiger partial charge >= 0.3 is 5.97 Å².